The third kappa shape index (κ3) is 3.40. The van der Waals surface area contributed by atoms with E-state index < -0.39 is 0 Å². The van der Waals surface area contributed by atoms with E-state index in [1.54, 1.807) is 0 Å². The van der Waals surface area contributed by atoms with Gasteiger partial charge in [-0.1, -0.05) is 20.3 Å². The summed E-state index contributed by atoms with van der Waals surface area (Å²) in [5, 5.41) is 0. The minimum Gasteiger partial charge on any atom is -0.465 e. The summed E-state index contributed by atoms with van der Waals surface area (Å²) in [6.07, 6.45) is 4.89. The van der Waals surface area contributed by atoms with Gasteiger partial charge in [0.2, 0.25) is 0 Å². The molecule has 3 unspecified atom stereocenters. The highest BCUT2D eigenvalue weighted by atomic mass is 16.3. The Kier molecular flexibility index (Phi) is 5.06. The van der Waals surface area contributed by atoms with Crippen molar-refractivity contribution in [2.75, 3.05) is 13.1 Å². The molecule has 0 saturated carbocycles. The molecule has 0 spiro atoms. The van der Waals surface area contributed by atoms with Gasteiger partial charge in [-0.05, 0) is 50.8 Å². The third-order valence-corrected chi connectivity index (χ3v) is 4.45. The van der Waals surface area contributed by atoms with Gasteiger partial charge in [0.05, 0.1) is 6.04 Å². The molecule has 1 fully saturated rings. The van der Waals surface area contributed by atoms with Gasteiger partial charge in [-0.15, -0.1) is 0 Å². The van der Waals surface area contributed by atoms with E-state index in [1.807, 2.05) is 13.0 Å². The van der Waals surface area contributed by atoms with Crippen LogP contribution < -0.4 is 5.73 Å². The van der Waals surface area contributed by atoms with Crippen molar-refractivity contribution in [3.63, 3.8) is 0 Å². The molecule has 3 atom stereocenters. The number of aryl methyl sites for hydroxylation is 1. The van der Waals surface area contributed by atoms with Crippen LogP contribution in [0.3, 0.4) is 0 Å². The van der Waals surface area contributed by atoms with Crippen molar-refractivity contribution < 1.29 is 4.42 Å². The Bertz CT molecular complexity index is 388. The maximum Gasteiger partial charge on any atom is 0.122 e. The molecule has 0 aliphatic carbocycles. The molecule has 1 saturated heterocycles. The monoisotopic (exact) mass is 264 g/mol. The molecule has 3 heteroatoms. The van der Waals surface area contributed by atoms with E-state index in [4.69, 9.17) is 10.2 Å². The summed E-state index contributed by atoms with van der Waals surface area (Å²) < 4.78 is 5.87. The standard InChI is InChI=1S/C16H28N2O/c1-4-13-7-6-10-18(11-13)16(14(17)5-2)15-9-8-12(3)19-15/h8-9,13-14,16H,4-7,10-11,17H2,1-3H3. The van der Waals surface area contributed by atoms with Gasteiger partial charge in [0.25, 0.3) is 0 Å². The first-order valence-electron chi connectivity index (χ1n) is 7.71. The van der Waals surface area contributed by atoms with E-state index >= 15 is 0 Å². The molecule has 1 aliphatic rings. The minimum atomic E-state index is 0.154. The summed E-state index contributed by atoms with van der Waals surface area (Å²) in [6, 6.07) is 4.55. The van der Waals surface area contributed by atoms with Crippen LogP contribution >= 0.6 is 0 Å². The van der Waals surface area contributed by atoms with Crippen molar-refractivity contribution in [1.82, 2.24) is 4.90 Å². The molecule has 1 aliphatic heterocycles. The van der Waals surface area contributed by atoms with Crippen LogP contribution in [0.5, 0.6) is 0 Å². The number of furan rings is 1. The average Bonchev–Trinajstić information content (AvgIpc) is 2.85. The molecule has 19 heavy (non-hydrogen) atoms. The van der Waals surface area contributed by atoms with E-state index in [9.17, 15) is 0 Å². The van der Waals surface area contributed by atoms with Crippen molar-refractivity contribution in [1.29, 1.82) is 0 Å². The maximum atomic E-state index is 6.37. The second kappa shape index (κ2) is 6.58. The number of rotatable bonds is 5. The van der Waals surface area contributed by atoms with Gasteiger partial charge in [0.1, 0.15) is 11.5 Å². The van der Waals surface area contributed by atoms with Crippen LogP contribution in [0.15, 0.2) is 16.5 Å². The lowest BCUT2D eigenvalue weighted by atomic mass is 9.92. The van der Waals surface area contributed by atoms with Crippen molar-refractivity contribution in [3.05, 3.63) is 23.7 Å². The zero-order chi connectivity index (χ0) is 13.8. The maximum absolute atomic E-state index is 6.37. The first-order valence-corrected chi connectivity index (χ1v) is 7.71. The lowest BCUT2D eigenvalue weighted by molar-refractivity contribution is 0.0901. The van der Waals surface area contributed by atoms with Gasteiger partial charge >= 0.3 is 0 Å². The Morgan fingerprint density at radius 3 is 2.79 bits per heavy atom. The predicted octanol–water partition coefficient (Wildman–Crippen LogP) is 3.49. The Balaban J connectivity index is 2.17. The smallest absolute Gasteiger partial charge is 0.122 e. The second-order valence-corrected chi connectivity index (χ2v) is 5.88. The van der Waals surface area contributed by atoms with Crippen LogP contribution in [0, 0.1) is 12.8 Å². The molecule has 3 nitrogen and oxygen atoms in total. The van der Waals surface area contributed by atoms with Crippen LogP contribution in [0.2, 0.25) is 0 Å². The van der Waals surface area contributed by atoms with Crippen molar-refractivity contribution in [2.45, 2.75) is 58.5 Å². The lowest BCUT2D eigenvalue weighted by Crippen LogP contribution is -2.45. The highest BCUT2D eigenvalue weighted by Crippen LogP contribution is 2.31. The fourth-order valence-electron chi connectivity index (χ4n) is 3.18. The van der Waals surface area contributed by atoms with Gasteiger partial charge in [-0.3, -0.25) is 4.90 Å². The van der Waals surface area contributed by atoms with E-state index in [-0.39, 0.29) is 12.1 Å². The SMILES string of the molecule is CCC1CCCN(C(c2ccc(C)o2)C(N)CC)C1. The van der Waals surface area contributed by atoms with E-state index in [1.165, 1.54) is 19.3 Å². The van der Waals surface area contributed by atoms with Gasteiger partial charge in [-0.2, -0.15) is 0 Å². The summed E-state index contributed by atoms with van der Waals surface area (Å²) in [4.78, 5) is 2.55. The van der Waals surface area contributed by atoms with E-state index in [2.05, 4.69) is 24.8 Å². The van der Waals surface area contributed by atoms with E-state index in [0.29, 0.717) is 0 Å². The largest absolute Gasteiger partial charge is 0.465 e. The highest BCUT2D eigenvalue weighted by molar-refractivity contribution is 5.12. The lowest BCUT2D eigenvalue weighted by Gasteiger charge is -2.39. The fourth-order valence-corrected chi connectivity index (χ4v) is 3.18. The summed E-state index contributed by atoms with van der Waals surface area (Å²) in [6.45, 7) is 8.76. The molecule has 0 amide bonds. The molecule has 2 heterocycles. The predicted molar refractivity (Wildman–Crippen MR) is 79.0 cm³/mol. The molecule has 2 rings (SSSR count). The number of nitrogens with two attached hydrogens (primary N) is 1. The first kappa shape index (κ1) is 14.6. The molecular weight excluding hydrogens is 236 g/mol. The number of likely N-dealkylation sites (tertiary alicyclic amines) is 1. The minimum absolute atomic E-state index is 0.154. The normalized spacial score (nSPS) is 24.3. The Morgan fingerprint density at radius 1 is 1.42 bits per heavy atom. The zero-order valence-electron chi connectivity index (χ0n) is 12.6. The average molecular weight is 264 g/mol. The molecule has 1 aromatic rings. The number of hydrogen-bond acceptors (Lipinski definition) is 3. The number of nitrogens with zero attached hydrogens (tertiary/aromatic N) is 1. The van der Waals surface area contributed by atoms with Crippen LogP contribution in [-0.2, 0) is 0 Å². The summed E-state index contributed by atoms with van der Waals surface area (Å²) in [5.74, 6) is 2.84. The molecule has 1 aromatic heterocycles. The third-order valence-electron chi connectivity index (χ3n) is 4.45. The summed E-state index contributed by atoms with van der Waals surface area (Å²) >= 11 is 0. The molecular formula is C16H28N2O. The van der Waals surface area contributed by atoms with Crippen LogP contribution in [-0.4, -0.2) is 24.0 Å². The quantitative estimate of drug-likeness (QED) is 0.885. The molecule has 0 radical (unpaired) electrons. The van der Waals surface area contributed by atoms with Gasteiger partial charge < -0.3 is 10.2 Å². The number of hydrogen-bond donors (Lipinski definition) is 1. The van der Waals surface area contributed by atoms with Gasteiger partial charge in [0.15, 0.2) is 0 Å². The topological polar surface area (TPSA) is 42.4 Å². The molecule has 0 bridgehead atoms. The zero-order valence-corrected chi connectivity index (χ0v) is 12.6. The van der Waals surface area contributed by atoms with Crippen LogP contribution in [0.1, 0.15) is 57.1 Å². The Labute approximate surface area is 117 Å². The fraction of sp³-hybridized carbons (Fsp3) is 0.750. The Morgan fingerprint density at radius 2 is 2.21 bits per heavy atom. The molecule has 2 N–H and O–H groups in total. The van der Waals surface area contributed by atoms with E-state index in [0.717, 1.165) is 36.9 Å². The summed E-state index contributed by atoms with van der Waals surface area (Å²) in [5.41, 5.74) is 6.37. The first-order chi connectivity index (χ1) is 9.15. The van der Waals surface area contributed by atoms with Gasteiger partial charge in [-0.25, -0.2) is 0 Å². The molecule has 0 aromatic carbocycles. The second-order valence-electron chi connectivity index (χ2n) is 5.88. The van der Waals surface area contributed by atoms with Crippen LogP contribution in [0.25, 0.3) is 0 Å². The van der Waals surface area contributed by atoms with Crippen molar-refractivity contribution >= 4 is 0 Å². The van der Waals surface area contributed by atoms with Crippen LogP contribution in [0.4, 0.5) is 0 Å². The van der Waals surface area contributed by atoms with Gasteiger partial charge in [0, 0.05) is 12.6 Å². The summed E-state index contributed by atoms with van der Waals surface area (Å²) in [7, 11) is 0. The Hall–Kier alpha value is -0.800. The molecule has 108 valence electrons. The highest BCUT2D eigenvalue weighted by Gasteiger charge is 2.31. The van der Waals surface area contributed by atoms with Crippen molar-refractivity contribution in [3.8, 4) is 0 Å². The van der Waals surface area contributed by atoms with Crippen molar-refractivity contribution in [2.24, 2.45) is 11.7 Å². The number of piperidine rings is 1.